The van der Waals surface area contributed by atoms with Crippen LogP contribution in [0.2, 0.25) is 0 Å². The standard InChI is InChI=1S/C14H16N2OS2/c1-14(2,3)16-11(9-19-13(16)18)15-12(17)10-7-5-4-6-8-10/h4-8H,9H2,1-3H3. The van der Waals surface area contributed by atoms with Crippen LogP contribution in [0, 0.1) is 0 Å². The molecule has 1 fully saturated rings. The van der Waals surface area contributed by atoms with Gasteiger partial charge in [-0.25, -0.2) is 0 Å². The van der Waals surface area contributed by atoms with E-state index in [0.717, 1.165) is 10.2 Å². The first kappa shape index (κ1) is 14.2. The third kappa shape index (κ3) is 3.22. The molecule has 1 aromatic rings. The summed E-state index contributed by atoms with van der Waals surface area (Å²) in [5, 5.41) is 0. The van der Waals surface area contributed by atoms with Gasteiger partial charge in [0.2, 0.25) is 0 Å². The largest absolute Gasteiger partial charge is 0.309 e. The minimum Gasteiger partial charge on any atom is -0.309 e. The van der Waals surface area contributed by atoms with Gasteiger partial charge in [0.05, 0.1) is 5.75 Å². The molecule has 3 nitrogen and oxygen atoms in total. The molecule has 1 saturated heterocycles. The first-order valence-corrected chi connectivity index (χ1v) is 7.43. The number of carbonyl (C=O) groups is 1. The Morgan fingerprint density at radius 3 is 2.53 bits per heavy atom. The van der Waals surface area contributed by atoms with Crippen molar-refractivity contribution < 1.29 is 4.79 Å². The van der Waals surface area contributed by atoms with Gasteiger partial charge in [0, 0.05) is 11.1 Å². The Labute approximate surface area is 123 Å². The lowest BCUT2D eigenvalue weighted by atomic mass is 10.1. The van der Waals surface area contributed by atoms with Crippen molar-refractivity contribution in [3.05, 3.63) is 35.9 Å². The summed E-state index contributed by atoms with van der Waals surface area (Å²) in [4.78, 5) is 18.3. The van der Waals surface area contributed by atoms with Crippen LogP contribution in [0.4, 0.5) is 0 Å². The second kappa shape index (κ2) is 5.43. The zero-order valence-electron chi connectivity index (χ0n) is 11.2. The molecule has 0 saturated carbocycles. The normalized spacial score (nSPS) is 18.2. The molecule has 0 bridgehead atoms. The van der Waals surface area contributed by atoms with Gasteiger partial charge < -0.3 is 4.90 Å². The highest BCUT2D eigenvalue weighted by atomic mass is 32.2. The quantitative estimate of drug-likeness (QED) is 0.743. The van der Waals surface area contributed by atoms with Crippen molar-refractivity contribution in [2.24, 2.45) is 4.99 Å². The van der Waals surface area contributed by atoms with E-state index in [2.05, 4.69) is 25.8 Å². The molecule has 5 heteroatoms. The van der Waals surface area contributed by atoms with Gasteiger partial charge in [-0.1, -0.05) is 42.2 Å². The maximum Gasteiger partial charge on any atom is 0.278 e. The Kier molecular flexibility index (Phi) is 4.06. The summed E-state index contributed by atoms with van der Waals surface area (Å²) in [6.07, 6.45) is 0. The molecule has 1 amide bonds. The highest BCUT2D eigenvalue weighted by Gasteiger charge is 2.34. The molecule has 0 unspecified atom stereocenters. The van der Waals surface area contributed by atoms with Gasteiger partial charge in [-0.3, -0.25) is 4.79 Å². The average Bonchev–Trinajstić information content (AvgIpc) is 2.71. The number of amidine groups is 1. The lowest BCUT2D eigenvalue weighted by Crippen LogP contribution is -2.44. The number of hydrogen-bond acceptors (Lipinski definition) is 3. The van der Waals surface area contributed by atoms with Crippen LogP contribution in [0.1, 0.15) is 31.1 Å². The van der Waals surface area contributed by atoms with Gasteiger partial charge in [-0.2, -0.15) is 4.99 Å². The van der Waals surface area contributed by atoms with Gasteiger partial charge in [0.25, 0.3) is 5.91 Å². The molecule has 19 heavy (non-hydrogen) atoms. The van der Waals surface area contributed by atoms with Crippen molar-refractivity contribution in [3.63, 3.8) is 0 Å². The zero-order valence-corrected chi connectivity index (χ0v) is 12.8. The molecule has 2 rings (SSSR count). The van der Waals surface area contributed by atoms with Crippen LogP contribution in [0.3, 0.4) is 0 Å². The smallest absolute Gasteiger partial charge is 0.278 e. The molecule has 0 atom stereocenters. The van der Waals surface area contributed by atoms with Crippen LogP contribution in [-0.4, -0.2) is 32.3 Å². The first-order valence-electron chi connectivity index (χ1n) is 6.03. The highest BCUT2D eigenvalue weighted by molar-refractivity contribution is 8.24. The average molecular weight is 292 g/mol. The third-order valence-corrected chi connectivity index (χ3v) is 4.06. The maximum absolute atomic E-state index is 12.1. The van der Waals surface area contributed by atoms with E-state index in [1.807, 2.05) is 23.1 Å². The molecular formula is C14H16N2OS2. The van der Waals surface area contributed by atoms with E-state index in [9.17, 15) is 4.79 Å². The molecule has 1 heterocycles. The van der Waals surface area contributed by atoms with Crippen molar-refractivity contribution in [1.29, 1.82) is 0 Å². The van der Waals surface area contributed by atoms with Gasteiger partial charge in [0.1, 0.15) is 10.2 Å². The second-order valence-electron chi connectivity index (χ2n) is 5.26. The van der Waals surface area contributed by atoms with E-state index in [0.29, 0.717) is 11.3 Å². The van der Waals surface area contributed by atoms with Crippen molar-refractivity contribution in [1.82, 2.24) is 4.90 Å². The molecule has 0 aromatic heterocycles. The molecule has 0 radical (unpaired) electrons. The maximum atomic E-state index is 12.1. The number of hydrogen-bond donors (Lipinski definition) is 0. The summed E-state index contributed by atoms with van der Waals surface area (Å²) >= 11 is 6.88. The number of carbonyl (C=O) groups excluding carboxylic acids is 1. The number of benzene rings is 1. The number of thiocarbonyl (C=S) groups is 1. The minimum absolute atomic E-state index is 0.156. The van der Waals surface area contributed by atoms with E-state index in [1.54, 1.807) is 23.9 Å². The van der Waals surface area contributed by atoms with Crippen molar-refractivity contribution in [2.45, 2.75) is 26.3 Å². The molecule has 0 N–H and O–H groups in total. The van der Waals surface area contributed by atoms with Crippen molar-refractivity contribution >= 4 is 40.0 Å². The fraction of sp³-hybridized carbons (Fsp3) is 0.357. The van der Waals surface area contributed by atoms with Gasteiger partial charge in [-0.05, 0) is 32.9 Å². The van der Waals surface area contributed by atoms with E-state index < -0.39 is 0 Å². The van der Waals surface area contributed by atoms with E-state index in [1.165, 1.54) is 0 Å². The van der Waals surface area contributed by atoms with Crippen molar-refractivity contribution in [2.75, 3.05) is 5.75 Å². The molecule has 0 aliphatic carbocycles. The highest BCUT2D eigenvalue weighted by Crippen LogP contribution is 2.28. The topological polar surface area (TPSA) is 32.7 Å². The third-order valence-electron chi connectivity index (χ3n) is 2.69. The summed E-state index contributed by atoms with van der Waals surface area (Å²) < 4.78 is 0.784. The number of amides is 1. The predicted molar refractivity (Wildman–Crippen MR) is 84.9 cm³/mol. The molecule has 1 aliphatic heterocycles. The second-order valence-corrected chi connectivity index (χ2v) is 6.87. The van der Waals surface area contributed by atoms with E-state index in [-0.39, 0.29) is 11.4 Å². The molecule has 100 valence electrons. The zero-order chi connectivity index (χ0) is 14.0. The Balaban J connectivity index is 2.28. The number of rotatable bonds is 1. The number of aliphatic imine (C=N–C) groups is 1. The summed E-state index contributed by atoms with van der Waals surface area (Å²) in [6.45, 7) is 6.19. The summed E-state index contributed by atoms with van der Waals surface area (Å²) in [5.41, 5.74) is 0.447. The predicted octanol–water partition coefficient (Wildman–Crippen LogP) is 3.36. The Hall–Kier alpha value is -1.20. The van der Waals surface area contributed by atoms with Gasteiger partial charge in [-0.15, -0.1) is 0 Å². The Morgan fingerprint density at radius 2 is 1.95 bits per heavy atom. The van der Waals surface area contributed by atoms with E-state index >= 15 is 0 Å². The van der Waals surface area contributed by atoms with Crippen LogP contribution in [0.25, 0.3) is 0 Å². The van der Waals surface area contributed by atoms with Crippen molar-refractivity contribution in [3.8, 4) is 0 Å². The fourth-order valence-electron chi connectivity index (χ4n) is 1.87. The Bertz CT molecular complexity index is 532. The van der Waals surface area contributed by atoms with E-state index in [4.69, 9.17) is 12.2 Å². The van der Waals surface area contributed by atoms with Crippen LogP contribution in [0.5, 0.6) is 0 Å². The Morgan fingerprint density at radius 1 is 1.32 bits per heavy atom. The lowest BCUT2D eigenvalue weighted by Gasteiger charge is -2.32. The minimum atomic E-state index is -0.213. The molecule has 1 aliphatic rings. The van der Waals surface area contributed by atoms with Gasteiger partial charge >= 0.3 is 0 Å². The lowest BCUT2D eigenvalue weighted by molar-refractivity contribution is 0.100. The van der Waals surface area contributed by atoms with Crippen LogP contribution in [0.15, 0.2) is 35.3 Å². The first-order chi connectivity index (χ1) is 8.89. The summed E-state index contributed by atoms with van der Waals surface area (Å²) in [6, 6.07) is 9.10. The van der Waals surface area contributed by atoms with Gasteiger partial charge in [0.15, 0.2) is 0 Å². The molecule has 0 spiro atoms. The van der Waals surface area contributed by atoms with Crippen LogP contribution < -0.4 is 0 Å². The number of nitrogens with zero attached hydrogens (tertiary/aromatic N) is 2. The van der Waals surface area contributed by atoms with Crippen LogP contribution in [-0.2, 0) is 0 Å². The SMILES string of the molecule is CC(C)(C)N1C(=S)SCC1=NC(=O)c1ccccc1. The molecule has 1 aromatic carbocycles. The summed E-state index contributed by atoms with van der Waals surface area (Å²) in [7, 11) is 0. The fourth-order valence-corrected chi connectivity index (χ4v) is 3.38. The number of thioether (sulfide) groups is 1. The van der Waals surface area contributed by atoms with Crippen LogP contribution >= 0.6 is 24.0 Å². The summed E-state index contributed by atoms with van der Waals surface area (Å²) in [5.74, 6) is 1.20. The molecular weight excluding hydrogens is 276 g/mol. The monoisotopic (exact) mass is 292 g/mol.